The van der Waals surface area contributed by atoms with Gasteiger partial charge in [-0.1, -0.05) is 12.1 Å². The van der Waals surface area contributed by atoms with Crippen molar-refractivity contribution in [1.29, 1.82) is 0 Å². The number of aryl methyl sites for hydroxylation is 3. The SMILES string of the molecule is Cc1sc2ncn(CCC(=O)NCc3ccc(-c4nc5ccccc5s4)o3)c(=O)c2c1C. The lowest BCUT2D eigenvalue weighted by Crippen LogP contribution is -2.27. The van der Waals surface area contributed by atoms with Crippen LogP contribution in [-0.2, 0) is 17.9 Å². The first-order valence-electron chi connectivity index (χ1n) is 10.2. The van der Waals surface area contributed by atoms with Crippen LogP contribution in [0.15, 0.2) is 51.9 Å². The highest BCUT2D eigenvalue weighted by Crippen LogP contribution is 2.31. The van der Waals surface area contributed by atoms with E-state index in [9.17, 15) is 9.59 Å². The number of hydrogen-bond donors (Lipinski definition) is 1. The number of fused-ring (bicyclic) bond motifs is 2. The Morgan fingerprint density at radius 3 is 2.84 bits per heavy atom. The minimum Gasteiger partial charge on any atom is -0.457 e. The Hall–Kier alpha value is -3.30. The summed E-state index contributed by atoms with van der Waals surface area (Å²) in [6, 6.07) is 11.6. The molecule has 9 heteroatoms. The van der Waals surface area contributed by atoms with Crippen molar-refractivity contribution < 1.29 is 9.21 Å². The number of rotatable bonds is 6. The van der Waals surface area contributed by atoms with Crippen LogP contribution in [-0.4, -0.2) is 20.4 Å². The van der Waals surface area contributed by atoms with Crippen molar-refractivity contribution in [1.82, 2.24) is 19.9 Å². The molecule has 0 aliphatic rings. The number of aromatic nitrogens is 3. The van der Waals surface area contributed by atoms with E-state index in [-0.39, 0.29) is 31.0 Å². The number of amides is 1. The summed E-state index contributed by atoms with van der Waals surface area (Å²) in [4.78, 5) is 35.9. The van der Waals surface area contributed by atoms with Gasteiger partial charge in [-0.15, -0.1) is 22.7 Å². The monoisotopic (exact) mass is 464 g/mol. The van der Waals surface area contributed by atoms with Gasteiger partial charge in [0, 0.05) is 17.8 Å². The van der Waals surface area contributed by atoms with Crippen molar-refractivity contribution in [3.8, 4) is 10.8 Å². The number of nitrogens with zero attached hydrogens (tertiary/aromatic N) is 3. The maximum Gasteiger partial charge on any atom is 0.262 e. The molecule has 5 rings (SSSR count). The molecule has 0 radical (unpaired) electrons. The smallest absolute Gasteiger partial charge is 0.262 e. The van der Waals surface area contributed by atoms with Gasteiger partial charge in [-0.2, -0.15) is 0 Å². The first-order chi connectivity index (χ1) is 15.5. The summed E-state index contributed by atoms with van der Waals surface area (Å²) < 4.78 is 8.46. The Kier molecular flexibility index (Phi) is 5.36. The van der Waals surface area contributed by atoms with Crippen LogP contribution >= 0.6 is 22.7 Å². The zero-order chi connectivity index (χ0) is 22.2. The summed E-state index contributed by atoms with van der Waals surface area (Å²) in [6.07, 6.45) is 1.70. The molecule has 1 aromatic carbocycles. The lowest BCUT2D eigenvalue weighted by Gasteiger charge is -2.06. The quantitative estimate of drug-likeness (QED) is 0.395. The average Bonchev–Trinajstić information content (AvgIpc) is 3.49. The molecule has 1 amide bonds. The van der Waals surface area contributed by atoms with E-state index in [1.807, 2.05) is 50.2 Å². The first kappa shape index (κ1) is 20.6. The van der Waals surface area contributed by atoms with Crippen LogP contribution in [0.2, 0.25) is 0 Å². The second kappa shape index (κ2) is 8.33. The highest BCUT2D eigenvalue weighted by atomic mass is 32.1. The third-order valence-electron chi connectivity index (χ3n) is 5.36. The van der Waals surface area contributed by atoms with Gasteiger partial charge in [0.1, 0.15) is 10.6 Å². The molecule has 0 atom stereocenters. The molecule has 0 fully saturated rings. The molecule has 32 heavy (non-hydrogen) atoms. The lowest BCUT2D eigenvalue weighted by atomic mass is 10.2. The van der Waals surface area contributed by atoms with Crippen LogP contribution in [0.25, 0.3) is 31.2 Å². The second-order valence-corrected chi connectivity index (χ2v) is 9.72. The van der Waals surface area contributed by atoms with E-state index in [4.69, 9.17) is 4.42 Å². The van der Waals surface area contributed by atoms with Crippen molar-refractivity contribution in [2.24, 2.45) is 0 Å². The molecule has 0 saturated carbocycles. The lowest BCUT2D eigenvalue weighted by molar-refractivity contribution is -0.121. The van der Waals surface area contributed by atoms with E-state index in [0.29, 0.717) is 16.9 Å². The fourth-order valence-electron chi connectivity index (χ4n) is 3.49. The molecule has 4 heterocycles. The van der Waals surface area contributed by atoms with Gasteiger partial charge >= 0.3 is 0 Å². The number of para-hydroxylation sites is 1. The van der Waals surface area contributed by atoms with Gasteiger partial charge in [0.15, 0.2) is 10.8 Å². The van der Waals surface area contributed by atoms with Crippen molar-refractivity contribution >= 4 is 49.0 Å². The second-order valence-electron chi connectivity index (χ2n) is 7.49. The van der Waals surface area contributed by atoms with Crippen LogP contribution in [0.3, 0.4) is 0 Å². The Balaban J connectivity index is 1.21. The minimum atomic E-state index is -0.159. The Bertz CT molecular complexity index is 1480. The van der Waals surface area contributed by atoms with E-state index >= 15 is 0 Å². The fourth-order valence-corrected chi connectivity index (χ4v) is 5.41. The van der Waals surface area contributed by atoms with Gasteiger partial charge in [-0.3, -0.25) is 14.2 Å². The third kappa shape index (κ3) is 3.85. The normalized spacial score (nSPS) is 11.4. The van der Waals surface area contributed by atoms with Gasteiger partial charge in [0.2, 0.25) is 5.91 Å². The zero-order valence-electron chi connectivity index (χ0n) is 17.5. The molecule has 7 nitrogen and oxygen atoms in total. The topological polar surface area (TPSA) is 90.0 Å². The Morgan fingerprint density at radius 1 is 1.16 bits per heavy atom. The summed E-state index contributed by atoms with van der Waals surface area (Å²) in [6.45, 7) is 4.46. The number of benzene rings is 1. The molecule has 0 aliphatic carbocycles. The van der Waals surface area contributed by atoms with E-state index < -0.39 is 0 Å². The predicted octanol–water partition coefficient (Wildman–Crippen LogP) is 4.65. The van der Waals surface area contributed by atoms with E-state index in [0.717, 1.165) is 30.5 Å². The number of thiophene rings is 1. The minimum absolute atomic E-state index is 0.101. The molecule has 0 unspecified atom stereocenters. The number of hydrogen-bond acceptors (Lipinski definition) is 7. The maximum absolute atomic E-state index is 12.7. The van der Waals surface area contributed by atoms with Crippen LogP contribution < -0.4 is 10.9 Å². The van der Waals surface area contributed by atoms with Crippen LogP contribution in [0.5, 0.6) is 0 Å². The summed E-state index contributed by atoms with van der Waals surface area (Å²) in [5, 5.41) is 4.31. The number of carbonyl (C=O) groups is 1. The third-order valence-corrected chi connectivity index (χ3v) is 7.53. The average molecular weight is 465 g/mol. The molecule has 5 aromatic rings. The zero-order valence-corrected chi connectivity index (χ0v) is 19.2. The molecular formula is C23H20N4O3S2. The predicted molar refractivity (Wildman–Crippen MR) is 127 cm³/mol. The maximum atomic E-state index is 12.7. The van der Waals surface area contributed by atoms with Gasteiger partial charge in [0.25, 0.3) is 5.56 Å². The largest absolute Gasteiger partial charge is 0.457 e. The van der Waals surface area contributed by atoms with Gasteiger partial charge in [0.05, 0.1) is 28.5 Å². The fraction of sp³-hybridized carbons (Fsp3) is 0.217. The van der Waals surface area contributed by atoms with Gasteiger partial charge in [-0.05, 0) is 43.7 Å². The van der Waals surface area contributed by atoms with Crippen molar-refractivity contribution in [2.75, 3.05) is 0 Å². The summed E-state index contributed by atoms with van der Waals surface area (Å²) in [5.74, 6) is 1.17. The highest BCUT2D eigenvalue weighted by Gasteiger charge is 2.14. The molecule has 4 aromatic heterocycles. The van der Waals surface area contributed by atoms with Crippen molar-refractivity contribution in [2.45, 2.75) is 33.4 Å². The number of nitrogens with one attached hydrogen (secondary N) is 1. The number of thiazole rings is 1. The molecule has 0 spiro atoms. The molecular weight excluding hydrogens is 444 g/mol. The molecule has 162 valence electrons. The first-order valence-corrected chi connectivity index (χ1v) is 11.8. The Labute approximate surface area is 191 Å². The van der Waals surface area contributed by atoms with Crippen LogP contribution in [0.4, 0.5) is 0 Å². The number of carbonyl (C=O) groups excluding carboxylic acids is 1. The molecule has 0 saturated heterocycles. The number of furan rings is 1. The molecule has 1 N–H and O–H groups in total. The van der Waals surface area contributed by atoms with Gasteiger partial charge in [-0.25, -0.2) is 9.97 Å². The standard InChI is InChI=1S/C23H20N4O3S2/c1-13-14(2)31-22-20(13)23(29)27(12-25-22)10-9-19(28)24-11-15-7-8-17(30-15)21-26-16-5-3-4-6-18(16)32-21/h3-8,12H,9-11H2,1-2H3,(H,24,28). The molecule has 0 aliphatic heterocycles. The summed E-state index contributed by atoms with van der Waals surface area (Å²) >= 11 is 3.08. The summed E-state index contributed by atoms with van der Waals surface area (Å²) in [5.41, 5.74) is 1.80. The molecule has 0 bridgehead atoms. The van der Waals surface area contributed by atoms with Crippen molar-refractivity contribution in [3.05, 3.63) is 69.3 Å². The highest BCUT2D eigenvalue weighted by molar-refractivity contribution is 7.21. The van der Waals surface area contributed by atoms with Crippen LogP contribution in [0.1, 0.15) is 22.6 Å². The van der Waals surface area contributed by atoms with E-state index in [2.05, 4.69) is 15.3 Å². The van der Waals surface area contributed by atoms with Crippen molar-refractivity contribution in [3.63, 3.8) is 0 Å². The van der Waals surface area contributed by atoms with Gasteiger partial charge < -0.3 is 9.73 Å². The van der Waals surface area contributed by atoms with E-state index in [1.165, 1.54) is 22.2 Å². The van der Waals surface area contributed by atoms with E-state index in [1.54, 1.807) is 11.3 Å². The Morgan fingerprint density at radius 2 is 2.00 bits per heavy atom. The summed E-state index contributed by atoms with van der Waals surface area (Å²) in [7, 11) is 0. The van der Waals surface area contributed by atoms with Crippen LogP contribution in [0, 0.1) is 13.8 Å².